The van der Waals surface area contributed by atoms with Gasteiger partial charge in [-0.1, -0.05) is 18.2 Å². The minimum atomic E-state index is -0.771. The predicted octanol–water partition coefficient (Wildman–Crippen LogP) is 0.0610. The van der Waals surface area contributed by atoms with E-state index in [4.69, 9.17) is 18.0 Å². The lowest BCUT2D eigenvalue weighted by Gasteiger charge is -2.15. The Morgan fingerprint density at radius 3 is 2.42 bits per heavy atom. The predicted molar refractivity (Wildman–Crippen MR) is 76.1 cm³/mol. The van der Waals surface area contributed by atoms with Crippen molar-refractivity contribution in [3.63, 3.8) is 0 Å². The number of amides is 3. The van der Waals surface area contributed by atoms with Crippen LogP contribution in [0.15, 0.2) is 30.3 Å². The standard InChI is InChI=1S/C11H15N5O2S/c1-7(13-10(12)18)9(17)15-16-11(19)14-8-5-3-2-4-6-8/h2-7H,1H3,(H,15,17)(H3,12,13,18)(H2,14,16,19). The van der Waals surface area contributed by atoms with Crippen LogP contribution in [-0.4, -0.2) is 23.1 Å². The van der Waals surface area contributed by atoms with Gasteiger partial charge in [0.2, 0.25) is 0 Å². The van der Waals surface area contributed by atoms with Crippen molar-refractivity contribution < 1.29 is 9.59 Å². The van der Waals surface area contributed by atoms with Crippen molar-refractivity contribution >= 4 is 35.0 Å². The number of anilines is 1. The molecule has 1 atom stereocenters. The highest BCUT2D eigenvalue weighted by molar-refractivity contribution is 7.80. The minimum absolute atomic E-state index is 0.228. The summed E-state index contributed by atoms with van der Waals surface area (Å²) in [6.07, 6.45) is 0. The summed E-state index contributed by atoms with van der Waals surface area (Å²) in [5.41, 5.74) is 10.5. The molecule has 0 aromatic heterocycles. The first-order chi connectivity index (χ1) is 8.99. The molecule has 7 nitrogen and oxygen atoms in total. The average molecular weight is 281 g/mol. The molecule has 0 radical (unpaired) electrons. The first kappa shape index (κ1) is 14.7. The molecule has 0 aliphatic heterocycles. The monoisotopic (exact) mass is 281 g/mol. The molecule has 102 valence electrons. The van der Waals surface area contributed by atoms with Gasteiger partial charge in [0.15, 0.2) is 5.11 Å². The first-order valence-corrected chi connectivity index (χ1v) is 5.87. The fourth-order valence-corrected chi connectivity index (χ4v) is 1.36. The molecular weight excluding hydrogens is 266 g/mol. The van der Waals surface area contributed by atoms with Crippen LogP contribution >= 0.6 is 12.2 Å². The van der Waals surface area contributed by atoms with Crippen LogP contribution in [-0.2, 0) is 4.79 Å². The molecule has 0 heterocycles. The third-order valence-electron chi connectivity index (χ3n) is 2.08. The van der Waals surface area contributed by atoms with Crippen molar-refractivity contribution in [3.8, 4) is 0 Å². The average Bonchev–Trinajstić information content (AvgIpc) is 2.36. The molecule has 0 aliphatic rings. The smallest absolute Gasteiger partial charge is 0.312 e. The number of thiocarbonyl (C=S) groups is 1. The molecule has 1 unspecified atom stereocenters. The molecule has 8 heteroatoms. The summed E-state index contributed by atoms with van der Waals surface area (Å²) >= 11 is 4.98. The number of nitrogens with one attached hydrogen (secondary N) is 4. The van der Waals surface area contributed by atoms with Crippen LogP contribution in [0.1, 0.15) is 6.92 Å². The third-order valence-corrected chi connectivity index (χ3v) is 2.29. The summed E-state index contributed by atoms with van der Waals surface area (Å²) in [4.78, 5) is 22.1. The lowest BCUT2D eigenvalue weighted by Crippen LogP contribution is -2.52. The Bertz CT molecular complexity index is 465. The molecule has 0 saturated heterocycles. The molecule has 1 aromatic carbocycles. The maximum absolute atomic E-state index is 11.5. The van der Waals surface area contributed by atoms with Gasteiger partial charge in [-0.15, -0.1) is 0 Å². The Morgan fingerprint density at radius 1 is 1.21 bits per heavy atom. The maximum atomic E-state index is 11.5. The number of hydrogen-bond donors (Lipinski definition) is 5. The Balaban J connectivity index is 2.34. The second-order valence-corrected chi connectivity index (χ2v) is 4.07. The molecule has 6 N–H and O–H groups in total. The fraction of sp³-hybridized carbons (Fsp3) is 0.182. The van der Waals surface area contributed by atoms with Crippen LogP contribution in [0.4, 0.5) is 10.5 Å². The maximum Gasteiger partial charge on any atom is 0.312 e. The number of nitrogens with two attached hydrogens (primary N) is 1. The van der Waals surface area contributed by atoms with Gasteiger partial charge in [0.1, 0.15) is 6.04 Å². The van der Waals surface area contributed by atoms with E-state index in [1.807, 2.05) is 30.3 Å². The fourth-order valence-electron chi connectivity index (χ4n) is 1.19. The third kappa shape index (κ3) is 5.68. The molecule has 0 fully saturated rings. The van der Waals surface area contributed by atoms with Gasteiger partial charge in [0.25, 0.3) is 5.91 Å². The van der Waals surface area contributed by atoms with Gasteiger partial charge in [0, 0.05) is 5.69 Å². The van der Waals surface area contributed by atoms with Crippen molar-refractivity contribution in [1.82, 2.24) is 16.2 Å². The number of carbonyl (C=O) groups is 2. The number of carbonyl (C=O) groups excluding carboxylic acids is 2. The number of hydrogen-bond acceptors (Lipinski definition) is 3. The Hall–Kier alpha value is -2.35. The topological polar surface area (TPSA) is 108 Å². The van der Waals surface area contributed by atoms with Crippen molar-refractivity contribution in [2.75, 3.05) is 5.32 Å². The zero-order valence-corrected chi connectivity index (χ0v) is 11.1. The van der Waals surface area contributed by atoms with E-state index < -0.39 is 18.0 Å². The van der Waals surface area contributed by atoms with E-state index in [0.717, 1.165) is 5.69 Å². The largest absolute Gasteiger partial charge is 0.352 e. The molecule has 0 bridgehead atoms. The second kappa shape index (κ2) is 7.17. The molecule has 0 saturated carbocycles. The van der Waals surface area contributed by atoms with Crippen molar-refractivity contribution in [3.05, 3.63) is 30.3 Å². The Morgan fingerprint density at radius 2 is 1.84 bits per heavy atom. The Labute approximate surface area is 115 Å². The molecule has 0 spiro atoms. The number of benzene rings is 1. The van der Waals surface area contributed by atoms with E-state index in [0.29, 0.717) is 0 Å². The lowest BCUT2D eigenvalue weighted by atomic mass is 10.3. The van der Waals surface area contributed by atoms with Crippen molar-refractivity contribution in [2.24, 2.45) is 5.73 Å². The van der Waals surface area contributed by atoms with E-state index in [2.05, 4.69) is 21.5 Å². The lowest BCUT2D eigenvalue weighted by molar-refractivity contribution is -0.123. The van der Waals surface area contributed by atoms with Crippen LogP contribution in [0.5, 0.6) is 0 Å². The summed E-state index contributed by atoms with van der Waals surface area (Å²) in [6.45, 7) is 1.50. The van der Waals surface area contributed by atoms with Gasteiger partial charge in [-0.05, 0) is 31.3 Å². The minimum Gasteiger partial charge on any atom is -0.352 e. The van der Waals surface area contributed by atoms with Gasteiger partial charge in [-0.2, -0.15) is 0 Å². The van der Waals surface area contributed by atoms with Gasteiger partial charge in [-0.25, -0.2) is 4.79 Å². The van der Waals surface area contributed by atoms with Crippen molar-refractivity contribution in [2.45, 2.75) is 13.0 Å². The highest BCUT2D eigenvalue weighted by atomic mass is 32.1. The quantitative estimate of drug-likeness (QED) is 0.398. The molecule has 3 amide bonds. The van der Waals surface area contributed by atoms with E-state index in [9.17, 15) is 9.59 Å². The summed E-state index contributed by atoms with van der Waals surface area (Å²) in [5.74, 6) is -0.462. The number of urea groups is 1. The Kier molecular flexibility index (Phi) is 5.55. The zero-order chi connectivity index (χ0) is 14.3. The van der Waals surface area contributed by atoms with Gasteiger partial charge < -0.3 is 16.4 Å². The highest BCUT2D eigenvalue weighted by Crippen LogP contribution is 2.03. The number of para-hydroxylation sites is 1. The van der Waals surface area contributed by atoms with Crippen LogP contribution < -0.4 is 27.2 Å². The molecule has 1 aromatic rings. The zero-order valence-electron chi connectivity index (χ0n) is 10.3. The number of hydrazine groups is 1. The first-order valence-electron chi connectivity index (χ1n) is 5.47. The molecule has 19 heavy (non-hydrogen) atoms. The normalized spacial score (nSPS) is 11.0. The van der Waals surface area contributed by atoms with Crippen LogP contribution in [0.25, 0.3) is 0 Å². The molecule has 0 aliphatic carbocycles. The summed E-state index contributed by atoms with van der Waals surface area (Å²) < 4.78 is 0. The van der Waals surface area contributed by atoms with E-state index in [1.165, 1.54) is 6.92 Å². The van der Waals surface area contributed by atoms with Crippen molar-refractivity contribution in [1.29, 1.82) is 0 Å². The summed E-state index contributed by atoms with van der Waals surface area (Å²) in [6, 6.07) is 7.70. The molecule has 1 rings (SSSR count). The van der Waals surface area contributed by atoms with E-state index >= 15 is 0 Å². The van der Waals surface area contributed by atoms with Crippen LogP contribution in [0.2, 0.25) is 0 Å². The van der Waals surface area contributed by atoms with E-state index in [1.54, 1.807) is 0 Å². The highest BCUT2D eigenvalue weighted by Gasteiger charge is 2.13. The van der Waals surface area contributed by atoms with Crippen LogP contribution in [0, 0.1) is 0 Å². The number of rotatable bonds is 3. The van der Waals surface area contributed by atoms with E-state index in [-0.39, 0.29) is 5.11 Å². The van der Waals surface area contributed by atoms with Gasteiger partial charge >= 0.3 is 6.03 Å². The summed E-state index contributed by atoms with van der Waals surface area (Å²) in [5, 5.41) is 5.34. The SMILES string of the molecule is CC(NC(N)=O)C(=O)NNC(=S)Nc1ccccc1. The second-order valence-electron chi connectivity index (χ2n) is 3.66. The number of primary amides is 1. The van der Waals surface area contributed by atoms with Crippen LogP contribution in [0.3, 0.4) is 0 Å². The van der Waals surface area contributed by atoms with Gasteiger partial charge in [-0.3, -0.25) is 15.6 Å². The van der Waals surface area contributed by atoms with Gasteiger partial charge in [0.05, 0.1) is 0 Å². The molecular formula is C11H15N5O2S. The summed E-state index contributed by atoms with van der Waals surface area (Å²) in [7, 11) is 0.